The number of amides is 2. The normalized spacial score (nSPS) is 14.2. The molecular weight excluding hydrogens is 282 g/mol. The van der Waals surface area contributed by atoms with Crippen LogP contribution in [-0.2, 0) is 17.8 Å². The number of hydrogen-bond donors (Lipinski definition) is 2. The maximum absolute atomic E-state index is 11.9. The second-order valence-electron chi connectivity index (χ2n) is 5.21. The topological polar surface area (TPSA) is 74.6 Å². The van der Waals surface area contributed by atoms with Crippen LogP contribution in [0.4, 0.5) is 0 Å². The zero-order valence-corrected chi connectivity index (χ0v) is 12.0. The van der Waals surface area contributed by atoms with Crippen molar-refractivity contribution in [1.82, 2.24) is 15.8 Å². The third-order valence-electron chi connectivity index (χ3n) is 3.64. The number of rotatable bonds is 3. The zero-order valence-electron chi connectivity index (χ0n) is 12.0. The first-order chi connectivity index (χ1) is 10.7. The first kappa shape index (κ1) is 14.3. The lowest BCUT2D eigenvalue weighted by Crippen LogP contribution is -2.47. The van der Waals surface area contributed by atoms with Crippen molar-refractivity contribution in [1.29, 1.82) is 0 Å². The molecule has 6 heteroatoms. The van der Waals surface area contributed by atoms with Gasteiger partial charge < -0.3 is 4.42 Å². The van der Waals surface area contributed by atoms with Crippen molar-refractivity contribution in [3.8, 4) is 0 Å². The third kappa shape index (κ3) is 3.35. The Balaban J connectivity index is 1.48. The highest BCUT2D eigenvalue weighted by atomic mass is 16.3. The van der Waals surface area contributed by atoms with Crippen LogP contribution in [0, 0.1) is 0 Å². The molecule has 1 aromatic heterocycles. The maximum Gasteiger partial charge on any atom is 0.305 e. The summed E-state index contributed by atoms with van der Waals surface area (Å²) in [7, 11) is 0. The predicted octanol–water partition coefficient (Wildman–Crippen LogP) is 1.10. The van der Waals surface area contributed by atoms with Gasteiger partial charge in [0.05, 0.1) is 12.8 Å². The molecule has 0 radical (unpaired) electrons. The first-order valence-corrected chi connectivity index (χ1v) is 7.14. The second kappa shape index (κ2) is 6.44. The molecule has 3 rings (SSSR count). The van der Waals surface area contributed by atoms with Gasteiger partial charge in [0.15, 0.2) is 5.76 Å². The average molecular weight is 299 g/mol. The Morgan fingerprint density at radius 2 is 1.91 bits per heavy atom. The van der Waals surface area contributed by atoms with Crippen LogP contribution < -0.4 is 10.9 Å². The van der Waals surface area contributed by atoms with Gasteiger partial charge in [0.1, 0.15) is 0 Å². The van der Waals surface area contributed by atoms with Gasteiger partial charge in [0.2, 0.25) is 0 Å². The van der Waals surface area contributed by atoms with E-state index in [-0.39, 0.29) is 18.2 Å². The van der Waals surface area contributed by atoms with Crippen LogP contribution in [0.1, 0.15) is 21.7 Å². The third-order valence-corrected chi connectivity index (χ3v) is 3.64. The molecule has 2 N–H and O–H groups in total. The number of fused-ring (bicyclic) bond motifs is 1. The summed E-state index contributed by atoms with van der Waals surface area (Å²) < 4.78 is 4.94. The number of nitrogens with one attached hydrogen (secondary N) is 2. The van der Waals surface area contributed by atoms with E-state index in [4.69, 9.17) is 4.42 Å². The minimum atomic E-state index is -0.470. The minimum absolute atomic E-state index is 0.159. The molecule has 0 saturated carbocycles. The van der Waals surface area contributed by atoms with Crippen molar-refractivity contribution in [2.24, 2.45) is 0 Å². The number of hydrazine groups is 1. The van der Waals surface area contributed by atoms with E-state index in [0.29, 0.717) is 0 Å². The lowest BCUT2D eigenvalue weighted by Gasteiger charge is -2.27. The van der Waals surface area contributed by atoms with E-state index in [9.17, 15) is 9.59 Å². The number of hydrogen-bond acceptors (Lipinski definition) is 4. The van der Waals surface area contributed by atoms with E-state index in [0.717, 1.165) is 19.5 Å². The highest BCUT2D eigenvalue weighted by Crippen LogP contribution is 2.17. The number of carbonyl (C=O) groups excluding carboxylic acids is 2. The average Bonchev–Trinajstić information content (AvgIpc) is 3.07. The lowest BCUT2D eigenvalue weighted by atomic mass is 10.00. The van der Waals surface area contributed by atoms with Gasteiger partial charge in [-0.2, -0.15) is 0 Å². The van der Waals surface area contributed by atoms with E-state index in [2.05, 4.69) is 27.9 Å². The lowest BCUT2D eigenvalue weighted by molar-refractivity contribution is -0.123. The highest BCUT2D eigenvalue weighted by Gasteiger charge is 2.18. The molecular formula is C16H17N3O3. The summed E-state index contributed by atoms with van der Waals surface area (Å²) in [6.45, 7) is 1.82. The Hall–Kier alpha value is -2.60. The molecule has 2 aromatic rings. The molecule has 0 fully saturated rings. The van der Waals surface area contributed by atoms with Gasteiger partial charge in [-0.1, -0.05) is 24.3 Å². The van der Waals surface area contributed by atoms with E-state index in [1.807, 2.05) is 12.1 Å². The fraction of sp³-hybridized carbons (Fsp3) is 0.250. The summed E-state index contributed by atoms with van der Waals surface area (Å²) in [5.74, 6) is -0.561. The largest absolute Gasteiger partial charge is 0.459 e. The van der Waals surface area contributed by atoms with Crippen LogP contribution >= 0.6 is 0 Å². The van der Waals surface area contributed by atoms with Crippen LogP contribution in [0.15, 0.2) is 47.1 Å². The van der Waals surface area contributed by atoms with Crippen molar-refractivity contribution in [2.75, 3.05) is 13.1 Å². The Morgan fingerprint density at radius 3 is 2.68 bits per heavy atom. The summed E-state index contributed by atoms with van der Waals surface area (Å²) in [6, 6.07) is 11.4. The second-order valence-corrected chi connectivity index (χ2v) is 5.21. The standard InChI is InChI=1S/C16H17N3O3/c20-15(17-18-16(21)14-6-3-9-22-14)11-19-8-7-12-4-1-2-5-13(12)10-19/h1-6,9H,7-8,10-11H2,(H,17,20)(H,18,21). The van der Waals surface area contributed by atoms with Crippen LogP contribution in [0.5, 0.6) is 0 Å². The molecule has 0 saturated heterocycles. The maximum atomic E-state index is 11.9. The van der Waals surface area contributed by atoms with E-state index in [1.54, 1.807) is 6.07 Å². The Kier molecular flexibility index (Phi) is 4.20. The quantitative estimate of drug-likeness (QED) is 0.832. The molecule has 2 heterocycles. The van der Waals surface area contributed by atoms with Gasteiger partial charge in [-0.3, -0.25) is 25.3 Å². The Bertz CT molecular complexity index is 667. The summed E-state index contributed by atoms with van der Waals surface area (Å²) >= 11 is 0. The van der Waals surface area contributed by atoms with Crippen LogP contribution in [0.3, 0.4) is 0 Å². The number of nitrogens with zero attached hydrogens (tertiary/aromatic N) is 1. The number of furan rings is 1. The van der Waals surface area contributed by atoms with Gasteiger partial charge in [0, 0.05) is 13.1 Å². The van der Waals surface area contributed by atoms with Crippen molar-refractivity contribution in [3.05, 3.63) is 59.5 Å². The van der Waals surface area contributed by atoms with Crippen molar-refractivity contribution < 1.29 is 14.0 Å². The Labute approximate surface area is 128 Å². The van der Waals surface area contributed by atoms with Gasteiger partial charge >= 0.3 is 5.91 Å². The van der Waals surface area contributed by atoms with Gasteiger partial charge in [-0.25, -0.2) is 0 Å². The summed E-state index contributed by atoms with van der Waals surface area (Å²) in [5, 5.41) is 0. The molecule has 22 heavy (non-hydrogen) atoms. The molecule has 1 aliphatic heterocycles. The first-order valence-electron chi connectivity index (χ1n) is 7.14. The smallest absolute Gasteiger partial charge is 0.305 e. The van der Waals surface area contributed by atoms with Gasteiger partial charge in [-0.05, 0) is 29.7 Å². The van der Waals surface area contributed by atoms with Crippen molar-refractivity contribution >= 4 is 11.8 Å². The molecule has 0 atom stereocenters. The van der Waals surface area contributed by atoms with Gasteiger partial charge in [-0.15, -0.1) is 0 Å². The predicted molar refractivity (Wildman–Crippen MR) is 79.7 cm³/mol. The summed E-state index contributed by atoms with van der Waals surface area (Å²) in [4.78, 5) is 25.6. The zero-order chi connectivity index (χ0) is 15.4. The van der Waals surface area contributed by atoms with Crippen LogP contribution in [-0.4, -0.2) is 29.8 Å². The fourth-order valence-electron chi connectivity index (χ4n) is 2.53. The summed E-state index contributed by atoms with van der Waals surface area (Å²) in [5.41, 5.74) is 7.33. The fourth-order valence-corrected chi connectivity index (χ4v) is 2.53. The molecule has 6 nitrogen and oxygen atoms in total. The van der Waals surface area contributed by atoms with E-state index < -0.39 is 5.91 Å². The number of benzene rings is 1. The highest BCUT2D eigenvalue weighted by molar-refractivity contribution is 5.93. The monoisotopic (exact) mass is 299 g/mol. The van der Waals surface area contributed by atoms with E-state index >= 15 is 0 Å². The molecule has 1 aromatic carbocycles. The molecule has 1 aliphatic rings. The molecule has 0 unspecified atom stereocenters. The molecule has 0 aliphatic carbocycles. The van der Waals surface area contributed by atoms with Crippen LogP contribution in [0.2, 0.25) is 0 Å². The SMILES string of the molecule is O=C(CN1CCc2ccccc2C1)NNC(=O)c1ccco1. The molecule has 114 valence electrons. The van der Waals surface area contributed by atoms with Crippen LogP contribution in [0.25, 0.3) is 0 Å². The molecule has 2 amide bonds. The molecule has 0 bridgehead atoms. The number of carbonyl (C=O) groups is 2. The summed E-state index contributed by atoms with van der Waals surface area (Å²) in [6.07, 6.45) is 2.34. The van der Waals surface area contributed by atoms with E-state index in [1.165, 1.54) is 23.5 Å². The molecule has 0 spiro atoms. The Morgan fingerprint density at radius 1 is 1.09 bits per heavy atom. The van der Waals surface area contributed by atoms with Crippen molar-refractivity contribution in [3.63, 3.8) is 0 Å². The van der Waals surface area contributed by atoms with Gasteiger partial charge in [0.25, 0.3) is 5.91 Å². The van der Waals surface area contributed by atoms with Crippen molar-refractivity contribution in [2.45, 2.75) is 13.0 Å². The minimum Gasteiger partial charge on any atom is -0.459 e.